The van der Waals surface area contributed by atoms with Gasteiger partial charge in [-0.1, -0.05) is 6.07 Å². The molecule has 1 saturated heterocycles. The summed E-state index contributed by atoms with van der Waals surface area (Å²) in [5, 5.41) is 6.03. The molecule has 18 heavy (non-hydrogen) atoms. The van der Waals surface area contributed by atoms with Crippen LogP contribution in [0.3, 0.4) is 0 Å². The molecule has 0 aliphatic carbocycles. The van der Waals surface area contributed by atoms with Gasteiger partial charge in [0.25, 0.3) is 0 Å². The van der Waals surface area contributed by atoms with Gasteiger partial charge in [0, 0.05) is 6.54 Å². The van der Waals surface area contributed by atoms with E-state index in [1.54, 1.807) is 7.11 Å². The smallest absolute Gasteiger partial charge is 0.412 e. The minimum Gasteiger partial charge on any atom is -0.496 e. The summed E-state index contributed by atoms with van der Waals surface area (Å²) < 4.78 is 11.0. The average Bonchev–Trinajstić information content (AvgIpc) is 2.38. The Morgan fingerprint density at radius 2 is 2.33 bits per heavy atom. The van der Waals surface area contributed by atoms with Crippen LogP contribution in [0.1, 0.15) is 18.4 Å². The van der Waals surface area contributed by atoms with Crippen LogP contribution in [0.5, 0.6) is 5.75 Å². The number of benzene rings is 1. The molecule has 1 amide bonds. The lowest BCUT2D eigenvalue weighted by Gasteiger charge is -2.41. The SMILES string of the molecule is COc1cccc2c1C1(CCCNC1)OC(=O)N2. The van der Waals surface area contributed by atoms with E-state index >= 15 is 0 Å². The van der Waals surface area contributed by atoms with Crippen molar-refractivity contribution in [3.8, 4) is 5.75 Å². The number of nitrogens with one attached hydrogen (secondary N) is 2. The Morgan fingerprint density at radius 3 is 3.06 bits per heavy atom. The zero-order valence-corrected chi connectivity index (χ0v) is 10.3. The number of hydrogen-bond donors (Lipinski definition) is 2. The van der Waals surface area contributed by atoms with Gasteiger partial charge in [0.05, 0.1) is 18.4 Å². The quantitative estimate of drug-likeness (QED) is 0.796. The maximum absolute atomic E-state index is 11.7. The van der Waals surface area contributed by atoms with Crippen molar-refractivity contribution < 1.29 is 14.3 Å². The van der Waals surface area contributed by atoms with E-state index in [1.165, 1.54) is 0 Å². The number of methoxy groups -OCH3 is 1. The molecule has 5 nitrogen and oxygen atoms in total. The summed E-state index contributed by atoms with van der Waals surface area (Å²) in [5.74, 6) is 0.760. The molecule has 0 saturated carbocycles. The van der Waals surface area contributed by atoms with E-state index in [-0.39, 0.29) is 6.09 Å². The number of rotatable bonds is 1. The lowest BCUT2D eigenvalue weighted by atomic mass is 9.83. The van der Waals surface area contributed by atoms with E-state index in [4.69, 9.17) is 9.47 Å². The number of fused-ring (bicyclic) bond motifs is 2. The zero-order valence-electron chi connectivity index (χ0n) is 10.3. The first-order valence-corrected chi connectivity index (χ1v) is 6.13. The highest BCUT2D eigenvalue weighted by atomic mass is 16.6. The van der Waals surface area contributed by atoms with E-state index in [2.05, 4.69) is 10.6 Å². The van der Waals surface area contributed by atoms with Crippen molar-refractivity contribution >= 4 is 11.8 Å². The predicted octanol–water partition coefficient (Wildman–Crippen LogP) is 1.84. The fourth-order valence-corrected chi connectivity index (χ4v) is 2.82. The summed E-state index contributed by atoms with van der Waals surface area (Å²) in [4.78, 5) is 11.7. The number of hydrogen-bond acceptors (Lipinski definition) is 4. The lowest BCUT2D eigenvalue weighted by molar-refractivity contribution is -0.00886. The van der Waals surface area contributed by atoms with Crippen molar-refractivity contribution in [1.29, 1.82) is 0 Å². The molecule has 1 aromatic rings. The molecule has 0 radical (unpaired) electrons. The maximum Gasteiger partial charge on any atom is 0.412 e. The largest absolute Gasteiger partial charge is 0.496 e. The first-order chi connectivity index (χ1) is 8.75. The molecular formula is C13H16N2O3. The number of carbonyl (C=O) groups excluding carboxylic acids is 1. The topological polar surface area (TPSA) is 59.6 Å². The van der Waals surface area contributed by atoms with E-state index in [0.717, 1.165) is 36.4 Å². The molecule has 3 rings (SSSR count). The molecule has 1 atom stereocenters. The summed E-state index contributed by atoms with van der Waals surface area (Å²) in [5.41, 5.74) is 1.14. The molecule has 1 aromatic carbocycles. The van der Waals surface area contributed by atoms with Gasteiger partial charge in [-0.3, -0.25) is 5.32 Å². The summed E-state index contributed by atoms with van der Waals surface area (Å²) >= 11 is 0. The van der Waals surface area contributed by atoms with Gasteiger partial charge in [0.15, 0.2) is 5.60 Å². The number of anilines is 1. The molecule has 2 aliphatic heterocycles. The number of piperidine rings is 1. The minimum absolute atomic E-state index is 0.389. The maximum atomic E-state index is 11.7. The third kappa shape index (κ3) is 1.62. The molecule has 1 spiro atoms. The van der Waals surface area contributed by atoms with Crippen LogP contribution in [-0.2, 0) is 10.3 Å². The molecule has 1 fully saturated rings. The van der Waals surface area contributed by atoms with E-state index < -0.39 is 5.60 Å². The molecule has 1 unspecified atom stereocenters. The van der Waals surface area contributed by atoms with Gasteiger partial charge < -0.3 is 14.8 Å². The normalized spacial score (nSPS) is 26.2. The van der Waals surface area contributed by atoms with Crippen LogP contribution in [0, 0.1) is 0 Å². The first kappa shape index (κ1) is 11.3. The molecular weight excluding hydrogens is 232 g/mol. The van der Waals surface area contributed by atoms with Crippen LogP contribution in [0.15, 0.2) is 18.2 Å². The summed E-state index contributed by atoms with van der Waals surface area (Å²) in [6.45, 7) is 1.59. The van der Waals surface area contributed by atoms with Gasteiger partial charge in [-0.05, 0) is 31.5 Å². The number of ether oxygens (including phenoxy) is 2. The molecule has 0 bridgehead atoms. The Labute approximate surface area is 105 Å². The van der Waals surface area contributed by atoms with Crippen molar-refractivity contribution in [2.45, 2.75) is 18.4 Å². The van der Waals surface area contributed by atoms with Gasteiger partial charge in [-0.2, -0.15) is 0 Å². The molecule has 96 valence electrons. The fraction of sp³-hybridized carbons (Fsp3) is 0.462. The predicted molar refractivity (Wildman–Crippen MR) is 66.9 cm³/mol. The molecule has 0 aromatic heterocycles. The Morgan fingerprint density at radius 1 is 1.44 bits per heavy atom. The first-order valence-electron chi connectivity index (χ1n) is 6.13. The van der Waals surface area contributed by atoms with E-state index in [9.17, 15) is 4.79 Å². The highest BCUT2D eigenvalue weighted by molar-refractivity contribution is 5.89. The lowest BCUT2D eigenvalue weighted by Crippen LogP contribution is -2.50. The number of amides is 1. The Balaban J connectivity index is 2.15. The second kappa shape index (κ2) is 4.17. The highest BCUT2D eigenvalue weighted by Gasteiger charge is 2.45. The fourth-order valence-electron chi connectivity index (χ4n) is 2.82. The van der Waals surface area contributed by atoms with Crippen LogP contribution >= 0.6 is 0 Å². The van der Waals surface area contributed by atoms with Crippen LogP contribution in [0.4, 0.5) is 10.5 Å². The third-order valence-electron chi connectivity index (χ3n) is 3.57. The van der Waals surface area contributed by atoms with Gasteiger partial charge in [0.1, 0.15) is 5.75 Å². The van der Waals surface area contributed by atoms with Gasteiger partial charge in [-0.15, -0.1) is 0 Å². The number of carbonyl (C=O) groups is 1. The van der Waals surface area contributed by atoms with Gasteiger partial charge in [0.2, 0.25) is 0 Å². The molecule has 2 N–H and O–H groups in total. The summed E-state index contributed by atoms with van der Waals surface area (Å²) in [6, 6.07) is 5.65. The van der Waals surface area contributed by atoms with Crippen LogP contribution in [-0.4, -0.2) is 26.3 Å². The zero-order chi connectivity index (χ0) is 12.6. The van der Waals surface area contributed by atoms with Crippen LogP contribution < -0.4 is 15.4 Å². The second-order valence-corrected chi connectivity index (χ2v) is 4.67. The van der Waals surface area contributed by atoms with Crippen molar-refractivity contribution in [2.75, 3.05) is 25.5 Å². The Bertz CT molecular complexity index is 481. The van der Waals surface area contributed by atoms with Gasteiger partial charge >= 0.3 is 6.09 Å². The molecule has 2 heterocycles. The third-order valence-corrected chi connectivity index (χ3v) is 3.57. The molecule has 5 heteroatoms. The summed E-state index contributed by atoms with van der Waals surface area (Å²) in [7, 11) is 1.63. The van der Waals surface area contributed by atoms with E-state index in [0.29, 0.717) is 6.54 Å². The van der Waals surface area contributed by atoms with Crippen molar-refractivity contribution in [3.05, 3.63) is 23.8 Å². The highest BCUT2D eigenvalue weighted by Crippen LogP contribution is 2.45. The second-order valence-electron chi connectivity index (χ2n) is 4.67. The van der Waals surface area contributed by atoms with Crippen molar-refractivity contribution in [2.24, 2.45) is 0 Å². The monoisotopic (exact) mass is 248 g/mol. The van der Waals surface area contributed by atoms with E-state index in [1.807, 2.05) is 18.2 Å². The Hall–Kier alpha value is -1.75. The van der Waals surface area contributed by atoms with Crippen molar-refractivity contribution in [3.63, 3.8) is 0 Å². The average molecular weight is 248 g/mol. The van der Waals surface area contributed by atoms with Crippen LogP contribution in [0.25, 0.3) is 0 Å². The Kier molecular flexibility index (Phi) is 2.63. The van der Waals surface area contributed by atoms with Crippen LogP contribution in [0.2, 0.25) is 0 Å². The van der Waals surface area contributed by atoms with Crippen molar-refractivity contribution in [1.82, 2.24) is 5.32 Å². The summed E-state index contributed by atoms with van der Waals surface area (Å²) in [6.07, 6.45) is 1.41. The van der Waals surface area contributed by atoms with Gasteiger partial charge in [-0.25, -0.2) is 4.79 Å². The standard InChI is InChI=1S/C13H16N2O3/c1-17-10-5-2-4-9-11(10)13(18-12(16)15-9)6-3-7-14-8-13/h2,4-5,14H,3,6-8H2,1H3,(H,15,16). The minimum atomic E-state index is -0.595. The molecule has 2 aliphatic rings.